The second kappa shape index (κ2) is 9.89. The molecule has 29 heavy (non-hydrogen) atoms. The fraction of sp³-hybridized carbons (Fsp3) is 0.240. The Morgan fingerprint density at radius 3 is 2.21 bits per heavy atom. The summed E-state index contributed by atoms with van der Waals surface area (Å²) in [6.45, 7) is 5.77. The van der Waals surface area contributed by atoms with Crippen molar-refractivity contribution in [2.45, 2.75) is 20.5 Å². The molecular formula is C25H26O4. The van der Waals surface area contributed by atoms with E-state index in [1.165, 1.54) is 16.7 Å². The molecule has 0 atom stereocenters. The summed E-state index contributed by atoms with van der Waals surface area (Å²) >= 11 is 0. The minimum absolute atomic E-state index is 0.463. The SMILES string of the molecule is COCCOc1cc(C)c(-c2cccc(COc3ccc(C=O)cc3)c2)c(C)c1. The van der Waals surface area contributed by atoms with Crippen LogP contribution in [0.15, 0.2) is 60.7 Å². The Bertz CT molecular complexity index is 938. The molecule has 4 nitrogen and oxygen atoms in total. The zero-order valence-electron chi connectivity index (χ0n) is 17.1. The van der Waals surface area contributed by atoms with Crippen molar-refractivity contribution in [1.82, 2.24) is 0 Å². The highest BCUT2D eigenvalue weighted by Crippen LogP contribution is 2.31. The standard InChI is InChI=1S/C25H26O4/c1-18-13-24(28-12-11-27-3)14-19(2)25(18)22-6-4-5-21(15-22)17-29-23-9-7-20(16-26)8-10-23/h4-10,13-16H,11-12,17H2,1-3H3. The first-order valence-corrected chi connectivity index (χ1v) is 9.61. The molecule has 3 rings (SSSR count). The molecule has 0 saturated carbocycles. The van der Waals surface area contributed by atoms with Crippen LogP contribution in [0.4, 0.5) is 0 Å². The van der Waals surface area contributed by atoms with Gasteiger partial charge in [-0.3, -0.25) is 4.79 Å². The summed E-state index contributed by atoms with van der Waals surface area (Å²) in [5.74, 6) is 1.60. The van der Waals surface area contributed by atoms with Gasteiger partial charge >= 0.3 is 0 Å². The van der Waals surface area contributed by atoms with Gasteiger partial charge in [0.15, 0.2) is 0 Å². The molecule has 150 valence electrons. The molecule has 0 aromatic heterocycles. The normalized spacial score (nSPS) is 10.6. The van der Waals surface area contributed by atoms with E-state index in [9.17, 15) is 4.79 Å². The molecule has 0 aliphatic heterocycles. The molecule has 0 saturated heterocycles. The van der Waals surface area contributed by atoms with Gasteiger partial charge in [-0.15, -0.1) is 0 Å². The van der Waals surface area contributed by atoms with Crippen molar-refractivity contribution in [2.24, 2.45) is 0 Å². The number of carbonyl (C=O) groups is 1. The number of hydrogen-bond acceptors (Lipinski definition) is 4. The Balaban J connectivity index is 1.75. The quantitative estimate of drug-likeness (QED) is 0.363. The van der Waals surface area contributed by atoms with Gasteiger partial charge < -0.3 is 14.2 Å². The van der Waals surface area contributed by atoms with E-state index in [4.69, 9.17) is 14.2 Å². The van der Waals surface area contributed by atoms with E-state index >= 15 is 0 Å². The maximum Gasteiger partial charge on any atom is 0.150 e. The highest BCUT2D eigenvalue weighted by atomic mass is 16.5. The number of benzene rings is 3. The molecule has 0 aliphatic carbocycles. The third kappa shape index (κ3) is 5.46. The second-order valence-electron chi connectivity index (χ2n) is 6.95. The average Bonchev–Trinajstić information content (AvgIpc) is 2.73. The Morgan fingerprint density at radius 2 is 1.55 bits per heavy atom. The number of rotatable bonds is 9. The van der Waals surface area contributed by atoms with Crippen molar-refractivity contribution in [3.8, 4) is 22.6 Å². The molecule has 0 N–H and O–H groups in total. The van der Waals surface area contributed by atoms with Crippen LogP contribution in [0.5, 0.6) is 11.5 Å². The molecule has 0 aliphatic rings. The Labute approximate surface area is 172 Å². The van der Waals surface area contributed by atoms with Crippen molar-refractivity contribution in [3.05, 3.63) is 82.9 Å². The first-order valence-electron chi connectivity index (χ1n) is 9.61. The zero-order chi connectivity index (χ0) is 20.6. The van der Waals surface area contributed by atoms with E-state index in [-0.39, 0.29) is 0 Å². The number of aldehydes is 1. The predicted molar refractivity (Wildman–Crippen MR) is 115 cm³/mol. The molecule has 0 unspecified atom stereocenters. The van der Waals surface area contributed by atoms with E-state index in [1.807, 2.05) is 18.2 Å². The van der Waals surface area contributed by atoms with Crippen LogP contribution in [0.2, 0.25) is 0 Å². The molecule has 0 fully saturated rings. The first kappa shape index (κ1) is 20.6. The van der Waals surface area contributed by atoms with Gasteiger partial charge in [0.1, 0.15) is 31.0 Å². The lowest BCUT2D eigenvalue weighted by Gasteiger charge is -2.15. The van der Waals surface area contributed by atoms with Crippen LogP contribution in [0.3, 0.4) is 0 Å². The van der Waals surface area contributed by atoms with Gasteiger partial charge in [0, 0.05) is 12.7 Å². The van der Waals surface area contributed by atoms with Gasteiger partial charge in [0.25, 0.3) is 0 Å². The zero-order valence-corrected chi connectivity index (χ0v) is 17.1. The first-order chi connectivity index (χ1) is 14.1. The van der Waals surface area contributed by atoms with E-state index in [0.29, 0.717) is 25.4 Å². The number of hydrogen-bond donors (Lipinski definition) is 0. The van der Waals surface area contributed by atoms with E-state index in [0.717, 1.165) is 28.9 Å². The second-order valence-corrected chi connectivity index (χ2v) is 6.95. The predicted octanol–water partition coefficient (Wildman–Crippen LogP) is 5.39. The highest BCUT2D eigenvalue weighted by Gasteiger charge is 2.09. The van der Waals surface area contributed by atoms with Gasteiger partial charge in [-0.2, -0.15) is 0 Å². The average molecular weight is 390 g/mol. The third-order valence-corrected chi connectivity index (χ3v) is 4.70. The summed E-state index contributed by atoms with van der Waals surface area (Å²) in [6, 6.07) is 19.6. The molecule has 4 heteroatoms. The lowest BCUT2D eigenvalue weighted by atomic mass is 9.94. The van der Waals surface area contributed by atoms with Crippen molar-refractivity contribution in [2.75, 3.05) is 20.3 Å². The molecule has 0 radical (unpaired) electrons. The lowest BCUT2D eigenvalue weighted by molar-refractivity contribution is 0.112. The van der Waals surface area contributed by atoms with Crippen molar-refractivity contribution in [3.63, 3.8) is 0 Å². The van der Waals surface area contributed by atoms with Crippen molar-refractivity contribution in [1.29, 1.82) is 0 Å². The molecule has 0 bridgehead atoms. The maximum absolute atomic E-state index is 10.8. The molecule has 3 aromatic rings. The van der Waals surface area contributed by atoms with Gasteiger partial charge in [-0.25, -0.2) is 0 Å². The summed E-state index contributed by atoms with van der Waals surface area (Å²) in [4.78, 5) is 10.8. The fourth-order valence-electron chi connectivity index (χ4n) is 3.33. The van der Waals surface area contributed by atoms with Crippen LogP contribution >= 0.6 is 0 Å². The van der Waals surface area contributed by atoms with Crippen molar-refractivity contribution >= 4 is 6.29 Å². The van der Waals surface area contributed by atoms with E-state index in [1.54, 1.807) is 19.2 Å². The smallest absolute Gasteiger partial charge is 0.150 e. The van der Waals surface area contributed by atoms with E-state index in [2.05, 4.69) is 44.2 Å². The van der Waals surface area contributed by atoms with E-state index < -0.39 is 0 Å². The maximum atomic E-state index is 10.8. The van der Waals surface area contributed by atoms with Gasteiger partial charge in [0.05, 0.1) is 6.61 Å². The number of methoxy groups -OCH3 is 1. The Morgan fingerprint density at radius 1 is 0.828 bits per heavy atom. The summed E-state index contributed by atoms with van der Waals surface area (Å²) in [5, 5.41) is 0. The van der Waals surface area contributed by atoms with Crippen LogP contribution in [0, 0.1) is 13.8 Å². The number of aryl methyl sites for hydroxylation is 2. The summed E-state index contributed by atoms with van der Waals surface area (Å²) in [6.07, 6.45) is 0.825. The largest absolute Gasteiger partial charge is 0.491 e. The third-order valence-electron chi connectivity index (χ3n) is 4.70. The molecule has 0 heterocycles. The monoisotopic (exact) mass is 390 g/mol. The number of carbonyl (C=O) groups excluding carboxylic acids is 1. The van der Waals surface area contributed by atoms with Crippen LogP contribution in [0.25, 0.3) is 11.1 Å². The minimum atomic E-state index is 0.463. The topological polar surface area (TPSA) is 44.8 Å². The molecule has 0 amide bonds. The van der Waals surface area contributed by atoms with Gasteiger partial charge in [-0.1, -0.05) is 18.2 Å². The van der Waals surface area contributed by atoms with Gasteiger partial charge in [-0.05, 0) is 84.1 Å². The van der Waals surface area contributed by atoms with Crippen LogP contribution in [0.1, 0.15) is 27.0 Å². The van der Waals surface area contributed by atoms with Crippen molar-refractivity contribution < 1.29 is 19.0 Å². The highest BCUT2D eigenvalue weighted by molar-refractivity contribution is 5.75. The molecule has 3 aromatic carbocycles. The van der Waals surface area contributed by atoms with Gasteiger partial charge in [0.2, 0.25) is 0 Å². The Kier molecular flexibility index (Phi) is 7.04. The number of ether oxygens (including phenoxy) is 3. The summed E-state index contributed by atoms with van der Waals surface area (Å²) in [7, 11) is 1.67. The lowest BCUT2D eigenvalue weighted by Crippen LogP contribution is -2.05. The van der Waals surface area contributed by atoms with Crippen LogP contribution in [-0.2, 0) is 11.3 Å². The molecular weight excluding hydrogens is 364 g/mol. The Hall–Kier alpha value is -3.11. The minimum Gasteiger partial charge on any atom is -0.491 e. The van der Waals surface area contributed by atoms with Crippen LogP contribution in [-0.4, -0.2) is 26.6 Å². The molecule has 0 spiro atoms. The van der Waals surface area contributed by atoms with Crippen LogP contribution < -0.4 is 9.47 Å². The fourth-order valence-corrected chi connectivity index (χ4v) is 3.33. The summed E-state index contributed by atoms with van der Waals surface area (Å²) in [5.41, 5.74) is 6.42. The summed E-state index contributed by atoms with van der Waals surface area (Å²) < 4.78 is 16.7.